The van der Waals surface area contributed by atoms with Crippen LogP contribution in [0.25, 0.3) is 0 Å². The number of hydrogen-bond acceptors (Lipinski definition) is 2. The van der Waals surface area contributed by atoms with E-state index < -0.39 is 0 Å². The molecular formula is C29H29NO. The maximum Gasteiger partial charge on any atom is 0.127 e. The average Bonchev–Trinajstić information content (AvgIpc) is 2.84. The van der Waals surface area contributed by atoms with Gasteiger partial charge in [0.25, 0.3) is 0 Å². The van der Waals surface area contributed by atoms with Crippen molar-refractivity contribution in [1.82, 2.24) is 5.32 Å². The van der Waals surface area contributed by atoms with Crippen LogP contribution in [-0.2, 0) is 0 Å². The molecule has 0 fully saturated rings. The highest BCUT2D eigenvalue weighted by atomic mass is 16.5. The van der Waals surface area contributed by atoms with Crippen molar-refractivity contribution in [3.8, 4) is 11.5 Å². The van der Waals surface area contributed by atoms with Gasteiger partial charge in [0.1, 0.15) is 11.5 Å². The number of ether oxygens (including phenoxy) is 1. The van der Waals surface area contributed by atoms with Crippen LogP contribution in [0.3, 0.4) is 0 Å². The lowest BCUT2D eigenvalue weighted by atomic mass is 9.88. The van der Waals surface area contributed by atoms with Crippen LogP contribution in [0.4, 0.5) is 0 Å². The van der Waals surface area contributed by atoms with Crippen LogP contribution in [0.15, 0.2) is 115 Å². The van der Waals surface area contributed by atoms with Gasteiger partial charge >= 0.3 is 0 Å². The molecule has 0 heterocycles. The van der Waals surface area contributed by atoms with Crippen molar-refractivity contribution >= 4 is 0 Å². The maximum absolute atomic E-state index is 6.00. The summed E-state index contributed by atoms with van der Waals surface area (Å²) in [6.07, 6.45) is 1.04. The van der Waals surface area contributed by atoms with E-state index in [4.69, 9.17) is 4.74 Å². The zero-order valence-corrected chi connectivity index (χ0v) is 17.9. The van der Waals surface area contributed by atoms with Crippen molar-refractivity contribution in [2.45, 2.75) is 25.3 Å². The van der Waals surface area contributed by atoms with E-state index in [9.17, 15) is 0 Å². The molecular weight excluding hydrogens is 378 g/mol. The Kier molecular flexibility index (Phi) is 7.15. The monoisotopic (exact) mass is 407 g/mol. The Morgan fingerprint density at radius 2 is 1.13 bits per heavy atom. The first-order chi connectivity index (χ1) is 15.3. The minimum absolute atomic E-state index is 0.242. The van der Waals surface area contributed by atoms with Gasteiger partial charge in [-0.25, -0.2) is 0 Å². The second-order valence-electron chi connectivity index (χ2n) is 7.83. The minimum atomic E-state index is 0.242. The van der Waals surface area contributed by atoms with Crippen molar-refractivity contribution in [3.63, 3.8) is 0 Å². The molecule has 4 aromatic carbocycles. The predicted molar refractivity (Wildman–Crippen MR) is 129 cm³/mol. The molecule has 4 aromatic rings. The number of nitrogens with one attached hydrogen (secondary N) is 1. The van der Waals surface area contributed by atoms with E-state index in [1.807, 2.05) is 36.4 Å². The van der Waals surface area contributed by atoms with E-state index in [1.165, 1.54) is 16.7 Å². The molecule has 0 saturated heterocycles. The Morgan fingerprint density at radius 3 is 1.74 bits per heavy atom. The van der Waals surface area contributed by atoms with Crippen molar-refractivity contribution in [1.29, 1.82) is 0 Å². The number of para-hydroxylation sites is 1. The second-order valence-corrected chi connectivity index (χ2v) is 7.83. The maximum atomic E-state index is 6.00. The molecule has 2 nitrogen and oxygen atoms in total. The Balaban J connectivity index is 1.39. The van der Waals surface area contributed by atoms with E-state index >= 15 is 0 Å². The van der Waals surface area contributed by atoms with Gasteiger partial charge in [0.15, 0.2) is 0 Å². The van der Waals surface area contributed by atoms with E-state index in [-0.39, 0.29) is 6.04 Å². The van der Waals surface area contributed by atoms with Gasteiger partial charge in [0.05, 0.1) is 0 Å². The number of rotatable bonds is 9. The fourth-order valence-electron chi connectivity index (χ4n) is 3.93. The zero-order chi connectivity index (χ0) is 21.3. The second kappa shape index (κ2) is 10.6. The molecule has 0 aliphatic rings. The Morgan fingerprint density at radius 1 is 0.613 bits per heavy atom. The van der Waals surface area contributed by atoms with Crippen LogP contribution in [0.1, 0.15) is 42.0 Å². The van der Waals surface area contributed by atoms with Crippen LogP contribution in [0.5, 0.6) is 11.5 Å². The Hall–Kier alpha value is -3.36. The highest BCUT2D eigenvalue weighted by Crippen LogP contribution is 2.28. The third-order valence-electron chi connectivity index (χ3n) is 5.62. The van der Waals surface area contributed by atoms with Gasteiger partial charge in [-0.2, -0.15) is 0 Å². The van der Waals surface area contributed by atoms with Crippen LogP contribution in [0, 0.1) is 0 Å². The SMILES string of the molecule is CC(NCCC(c1ccccc1)c1ccccc1)c1cccc(Oc2ccccc2)c1. The zero-order valence-electron chi connectivity index (χ0n) is 17.9. The quantitative estimate of drug-likeness (QED) is 0.313. The molecule has 0 aliphatic heterocycles. The van der Waals surface area contributed by atoms with Gasteiger partial charge in [-0.3, -0.25) is 0 Å². The molecule has 1 N–H and O–H groups in total. The minimum Gasteiger partial charge on any atom is -0.457 e. The predicted octanol–water partition coefficient (Wildman–Crippen LogP) is 7.35. The number of hydrogen-bond donors (Lipinski definition) is 1. The first-order valence-electron chi connectivity index (χ1n) is 11.0. The fraction of sp³-hybridized carbons (Fsp3) is 0.172. The van der Waals surface area contributed by atoms with Crippen LogP contribution < -0.4 is 10.1 Å². The topological polar surface area (TPSA) is 21.3 Å². The molecule has 4 rings (SSSR count). The lowest BCUT2D eigenvalue weighted by Gasteiger charge is -2.21. The first-order valence-corrected chi connectivity index (χ1v) is 11.0. The van der Waals surface area contributed by atoms with E-state index in [2.05, 4.69) is 91.1 Å². The average molecular weight is 408 g/mol. The summed E-state index contributed by atoms with van der Waals surface area (Å²) in [7, 11) is 0. The van der Waals surface area contributed by atoms with Crippen molar-refractivity contribution in [2.24, 2.45) is 0 Å². The summed E-state index contributed by atoms with van der Waals surface area (Å²) in [5, 5.41) is 3.70. The Labute approximate surface area is 185 Å². The van der Waals surface area contributed by atoms with Crippen molar-refractivity contribution < 1.29 is 4.74 Å². The van der Waals surface area contributed by atoms with Gasteiger partial charge in [0.2, 0.25) is 0 Å². The van der Waals surface area contributed by atoms with Gasteiger partial charge in [-0.15, -0.1) is 0 Å². The highest BCUT2D eigenvalue weighted by Gasteiger charge is 2.14. The van der Waals surface area contributed by atoms with Gasteiger partial charge in [-0.05, 0) is 60.8 Å². The summed E-state index contributed by atoms with van der Waals surface area (Å²) >= 11 is 0. The molecule has 156 valence electrons. The van der Waals surface area contributed by atoms with Gasteiger partial charge in [-0.1, -0.05) is 91.0 Å². The number of benzene rings is 4. The molecule has 0 spiro atoms. The largest absolute Gasteiger partial charge is 0.457 e. The fourth-order valence-corrected chi connectivity index (χ4v) is 3.93. The highest BCUT2D eigenvalue weighted by molar-refractivity contribution is 5.35. The molecule has 0 aliphatic carbocycles. The van der Waals surface area contributed by atoms with Gasteiger partial charge in [0, 0.05) is 12.0 Å². The molecule has 31 heavy (non-hydrogen) atoms. The summed E-state index contributed by atoms with van der Waals surface area (Å²) in [5.41, 5.74) is 3.95. The van der Waals surface area contributed by atoms with Crippen LogP contribution in [-0.4, -0.2) is 6.54 Å². The third-order valence-corrected chi connectivity index (χ3v) is 5.62. The van der Waals surface area contributed by atoms with Gasteiger partial charge < -0.3 is 10.1 Å². The van der Waals surface area contributed by atoms with E-state index in [0.717, 1.165) is 24.5 Å². The lowest BCUT2D eigenvalue weighted by Crippen LogP contribution is -2.22. The standard InChI is InChI=1S/C29H29NO/c1-23(26-16-11-19-28(22-26)31-27-17-9-4-10-18-27)30-21-20-29(24-12-5-2-6-13-24)25-14-7-3-8-15-25/h2-19,22-23,29-30H,20-21H2,1H3. The molecule has 1 unspecified atom stereocenters. The summed E-state index contributed by atoms with van der Waals surface area (Å²) in [6, 6.07) is 40.1. The van der Waals surface area contributed by atoms with Crippen molar-refractivity contribution in [3.05, 3.63) is 132 Å². The summed E-state index contributed by atoms with van der Waals surface area (Å²) in [4.78, 5) is 0. The first kappa shape index (κ1) is 20.9. The van der Waals surface area contributed by atoms with E-state index in [0.29, 0.717) is 5.92 Å². The third kappa shape index (κ3) is 5.84. The smallest absolute Gasteiger partial charge is 0.127 e. The van der Waals surface area contributed by atoms with Crippen molar-refractivity contribution in [2.75, 3.05) is 6.54 Å². The van der Waals surface area contributed by atoms with Crippen LogP contribution in [0.2, 0.25) is 0 Å². The normalized spacial score (nSPS) is 11.9. The molecule has 2 heteroatoms. The summed E-state index contributed by atoms with van der Waals surface area (Å²) in [6.45, 7) is 3.14. The molecule has 0 bridgehead atoms. The Bertz CT molecular complexity index is 1010. The molecule has 0 amide bonds. The summed E-state index contributed by atoms with van der Waals surface area (Å²) in [5.74, 6) is 2.10. The molecule has 0 radical (unpaired) electrons. The molecule has 0 saturated carbocycles. The van der Waals surface area contributed by atoms with E-state index in [1.54, 1.807) is 0 Å². The van der Waals surface area contributed by atoms with Crippen LogP contribution >= 0.6 is 0 Å². The summed E-state index contributed by atoms with van der Waals surface area (Å²) < 4.78 is 6.00. The lowest BCUT2D eigenvalue weighted by molar-refractivity contribution is 0.479. The molecule has 0 aromatic heterocycles. The molecule has 1 atom stereocenters.